The summed E-state index contributed by atoms with van der Waals surface area (Å²) in [5.41, 5.74) is 0.992. The molecule has 1 heterocycles. The van der Waals surface area contributed by atoms with Crippen LogP contribution in [0.1, 0.15) is 5.56 Å². The molecule has 0 unspecified atom stereocenters. The zero-order valence-electron chi connectivity index (χ0n) is 13.7. The fourth-order valence-corrected chi connectivity index (χ4v) is 2.93. The molecule has 1 aliphatic rings. The van der Waals surface area contributed by atoms with Crippen LogP contribution in [0.3, 0.4) is 0 Å². The number of carbonyl (C=O) groups excluding carboxylic acids is 1. The van der Waals surface area contributed by atoms with Crippen molar-refractivity contribution in [2.75, 3.05) is 32.7 Å². The SMILES string of the molecule is N#C/C(=C/NCCc1ccc(S(N)(=O)=O)cc1)C(=O)N1CCNCC1. The number of nitrogens with zero attached hydrogens (tertiary/aromatic N) is 2. The van der Waals surface area contributed by atoms with Gasteiger partial charge in [0.25, 0.3) is 5.91 Å². The summed E-state index contributed by atoms with van der Waals surface area (Å²) in [4.78, 5) is 13.9. The highest BCUT2D eigenvalue weighted by atomic mass is 32.2. The average Bonchev–Trinajstić information content (AvgIpc) is 2.62. The van der Waals surface area contributed by atoms with Gasteiger partial charge in [0, 0.05) is 38.9 Å². The average molecular weight is 363 g/mol. The van der Waals surface area contributed by atoms with E-state index in [4.69, 9.17) is 10.4 Å². The molecule has 0 aromatic heterocycles. The van der Waals surface area contributed by atoms with Crippen LogP contribution >= 0.6 is 0 Å². The van der Waals surface area contributed by atoms with Crippen LogP contribution in [-0.4, -0.2) is 51.9 Å². The van der Waals surface area contributed by atoms with Crippen LogP contribution in [0, 0.1) is 11.3 Å². The van der Waals surface area contributed by atoms with E-state index in [9.17, 15) is 13.2 Å². The number of piperazine rings is 1. The van der Waals surface area contributed by atoms with E-state index >= 15 is 0 Å². The van der Waals surface area contributed by atoms with Gasteiger partial charge in [-0.05, 0) is 24.1 Å². The number of rotatable bonds is 6. The van der Waals surface area contributed by atoms with Gasteiger partial charge in [-0.15, -0.1) is 0 Å². The van der Waals surface area contributed by atoms with Crippen LogP contribution in [0.25, 0.3) is 0 Å². The first-order valence-corrected chi connectivity index (χ1v) is 9.42. The fraction of sp³-hybridized carbons (Fsp3) is 0.375. The van der Waals surface area contributed by atoms with Crippen LogP contribution in [0.15, 0.2) is 40.9 Å². The Morgan fingerprint density at radius 1 is 1.32 bits per heavy atom. The Hall–Kier alpha value is -2.41. The number of hydrogen-bond acceptors (Lipinski definition) is 6. The van der Waals surface area contributed by atoms with Gasteiger partial charge in [-0.2, -0.15) is 5.26 Å². The number of nitrogens with two attached hydrogens (primary N) is 1. The summed E-state index contributed by atoms with van der Waals surface area (Å²) < 4.78 is 22.4. The minimum atomic E-state index is -3.69. The summed E-state index contributed by atoms with van der Waals surface area (Å²) in [7, 11) is -3.69. The number of benzene rings is 1. The lowest BCUT2D eigenvalue weighted by molar-refractivity contribution is -0.127. The van der Waals surface area contributed by atoms with Crippen molar-refractivity contribution in [3.05, 3.63) is 41.6 Å². The maximum Gasteiger partial charge on any atom is 0.266 e. The molecule has 1 aromatic carbocycles. The highest BCUT2D eigenvalue weighted by Gasteiger charge is 2.19. The maximum atomic E-state index is 12.2. The van der Waals surface area contributed by atoms with E-state index in [2.05, 4.69) is 10.6 Å². The number of amides is 1. The lowest BCUT2D eigenvalue weighted by atomic mass is 10.1. The number of carbonyl (C=O) groups is 1. The molecule has 1 saturated heterocycles. The standard InChI is InChI=1S/C16H21N5O3S/c17-11-14(16(22)21-9-7-19-8-10-21)12-20-6-5-13-1-3-15(4-2-13)25(18,23)24/h1-4,12,19-20H,5-10H2,(H2,18,23,24)/b14-12-. The highest BCUT2D eigenvalue weighted by molar-refractivity contribution is 7.89. The van der Waals surface area contributed by atoms with Crippen LogP contribution < -0.4 is 15.8 Å². The molecular formula is C16H21N5O3S. The van der Waals surface area contributed by atoms with E-state index in [1.165, 1.54) is 18.3 Å². The second-order valence-corrected chi connectivity index (χ2v) is 7.17. The van der Waals surface area contributed by atoms with Gasteiger partial charge in [0.15, 0.2) is 0 Å². The second kappa shape index (κ2) is 8.62. The number of hydrogen-bond donors (Lipinski definition) is 3. The molecule has 0 atom stereocenters. The van der Waals surface area contributed by atoms with Gasteiger partial charge in [-0.3, -0.25) is 4.79 Å². The molecule has 2 rings (SSSR count). The molecule has 1 amide bonds. The van der Waals surface area contributed by atoms with Gasteiger partial charge < -0.3 is 15.5 Å². The van der Waals surface area contributed by atoms with Crippen LogP contribution in [0.4, 0.5) is 0 Å². The Bertz CT molecular complexity index is 775. The third kappa shape index (κ3) is 5.56. The summed E-state index contributed by atoms with van der Waals surface area (Å²) in [6.07, 6.45) is 2.05. The molecule has 0 spiro atoms. The van der Waals surface area contributed by atoms with E-state index in [1.54, 1.807) is 17.0 Å². The molecule has 25 heavy (non-hydrogen) atoms. The summed E-state index contributed by atoms with van der Waals surface area (Å²) in [6.45, 7) is 3.15. The third-order valence-electron chi connectivity index (χ3n) is 3.81. The molecule has 1 aliphatic heterocycles. The first-order chi connectivity index (χ1) is 11.9. The van der Waals surface area contributed by atoms with Crippen molar-refractivity contribution in [1.82, 2.24) is 15.5 Å². The molecule has 1 aromatic rings. The molecule has 0 saturated carbocycles. The zero-order valence-corrected chi connectivity index (χ0v) is 14.6. The van der Waals surface area contributed by atoms with Gasteiger partial charge in [0.2, 0.25) is 10.0 Å². The van der Waals surface area contributed by atoms with Gasteiger partial charge in [0.1, 0.15) is 11.6 Å². The molecule has 0 radical (unpaired) electrons. The highest BCUT2D eigenvalue weighted by Crippen LogP contribution is 2.09. The predicted molar refractivity (Wildman–Crippen MR) is 92.7 cm³/mol. The van der Waals surface area contributed by atoms with E-state index < -0.39 is 10.0 Å². The molecule has 9 heteroatoms. The number of nitriles is 1. The van der Waals surface area contributed by atoms with E-state index in [0.717, 1.165) is 18.7 Å². The van der Waals surface area contributed by atoms with Gasteiger partial charge in [-0.1, -0.05) is 12.1 Å². The lowest BCUT2D eigenvalue weighted by Gasteiger charge is -2.27. The molecule has 134 valence electrons. The zero-order chi connectivity index (χ0) is 18.3. The Kier molecular flexibility index (Phi) is 6.52. The number of sulfonamides is 1. The topological polar surface area (TPSA) is 128 Å². The van der Waals surface area contributed by atoms with Crippen molar-refractivity contribution < 1.29 is 13.2 Å². The molecule has 4 N–H and O–H groups in total. The van der Waals surface area contributed by atoms with Gasteiger partial charge >= 0.3 is 0 Å². The Morgan fingerprint density at radius 2 is 1.96 bits per heavy atom. The molecular weight excluding hydrogens is 342 g/mol. The van der Waals surface area contributed by atoms with Crippen molar-refractivity contribution in [3.8, 4) is 6.07 Å². The van der Waals surface area contributed by atoms with Gasteiger partial charge in [-0.25, -0.2) is 13.6 Å². The van der Waals surface area contributed by atoms with Gasteiger partial charge in [0.05, 0.1) is 4.90 Å². The monoisotopic (exact) mass is 363 g/mol. The Balaban J connectivity index is 1.86. The van der Waals surface area contributed by atoms with E-state index in [1.807, 2.05) is 6.07 Å². The predicted octanol–water partition coefficient (Wildman–Crippen LogP) is -0.695. The van der Waals surface area contributed by atoms with Crippen LogP contribution in [-0.2, 0) is 21.2 Å². The van der Waals surface area contributed by atoms with Crippen molar-refractivity contribution in [3.63, 3.8) is 0 Å². The summed E-state index contributed by atoms with van der Waals surface area (Å²) in [6, 6.07) is 8.20. The Morgan fingerprint density at radius 3 is 2.52 bits per heavy atom. The van der Waals surface area contributed by atoms with E-state index in [-0.39, 0.29) is 16.4 Å². The van der Waals surface area contributed by atoms with Crippen molar-refractivity contribution >= 4 is 15.9 Å². The van der Waals surface area contributed by atoms with Crippen molar-refractivity contribution in [2.24, 2.45) is 5.14 Å². The molecule has 8 nitrogen and oxygen atoms in total. The van der Waals surface area contributed by atoms with Crippen molar-refractivity contribution in [1.29, 1.82) is 5.26 Å². The minimum absolute atomic E-state index is 0.0671. The third-order valence-corrected chi connectivity index (χ3v) is 4.74. The number of primary sulfonamides is 1. The molecule has 0 aliphatic carbocycles. The lowest BCUT2D eigenvalue weighted by Crippen LogP contribution is -2.46. The second-order valence-electron chi connectivity index (χ2n) is 5.61. The summed E-state index contributed by atoms with van der Waals surface area (Å²) >= 11 is 0. The number of nitrogens with one attached hydrogen (secondary N) is 2. The largest absolute Gasteiger partial charge is 0.389 e. The fourth-order valence-electron chi connectivity index (χ4n) is 2.42. The van der Waals surface area contributed by atoms with Crippen LogP contribution in [0.5, 0.6) is 0 Å². The quantitative estimate of drug-likeness (QED) is 0.348. The molecule has 1 fully saturated rings. The van der Waals surface area contributed by atoms with E-state index in [0.29, 0.717) is 26.1 Å². The Labute approximate surface area is 147 Å². The van der Waals surface area contributed by atoms with Crippen LogP contribution in [0.2, 0.25) is 0 Å². The maximum absolute atomic E-state index is 12.2. The van der Waals surface area contributed by atoms with Crippen molar-refractivity contribution in [2.45, 2.75) is 11.3 Å². The normalized spacial score (nSPS) is 15.5. The minimum Gasteiger partial charge on any atom is -0.389 e. The smallest absolute Gasteiger partial charge is 0.266 e. The first-order valence-electron chi connectivity index (χ1n) is 7.87. The summed E-state index contributed by atoms with van der Waals surface area (Å²) in [5.74, 6) is -0.269. The molecule has 0 bridgehead atoms. The summed E-state index contributed by atoms with van der Waals surface area (Å²) in [5, 5.41) is 20.3. The first kappa shape index (κ1) is 18.9.